The summed E-state index contributed by atoms with van der Waals surface area (Å²) >= 11 is 0. The fourth-order valence-electron chi connectivity index (χ4n) is 0.820. The molecule has 0 aromatic heterocycles. The van der Waals surface area contributed by atoms with Crippen molar-refractivity contribution in [2.75, 3.05) is 6.61 Å². The van der Waals surface area contributed by atoms with E-state index in [-0.39, 0.29) is 19.4 Å². The van der Waals surface area contributed by atoms with E-state index in [0.29, 0.717) is 5.92 Å². The number of hydrogen-bond donors (Lipinski definition) is 2. The molecule has 0 amide bonds. The molecule has 0 radical (unpaired) electrons. The van der Waals surface area contributed by atoms with Crippen molar-refractivity contribution in [3.63, 3.8) is 0 Å². The van der Waals surface area contributed by atoms with Crippen LogP contribution in [0.25, 0.3) is 0 Å². The largest absolute Gasteiger partial charge is 0.596 e. The maximum atomic E-state index is 11.3. The lowest BCUT2D eigenvalue weighted by molar-refractivity contribution is -0.442. The first-order valence-corrected chi connectivity index (χ1v) is 7.66. The van der Waals surface area contributed by atoms with E-state index < -0.39 is 21.0 Å². The van der Waals surface area contributed by atoms with E-state index in [1.54, 1.807) is 0 Å². The third kappa shape index (κ3) is 6.70. The number of carboxylic acid groups (broad SMARTS) is 1. The predicted octanol–water partition coefficient (Wildman–Crippen LogP) is 1.09. The molecular formula is C6H11O9P2+. The van der Waals surface area contributed by atoms with Gasteiger partial charge in [-0.25, -0.2) is 14.6 Å². The van der Waals surface area contributed by atoms with E-state index in [9.17, 15) is 18.8 Å². The maximum absolute atomic E-state index is 11.3. The van der Waals surface area contributed by atoms with Crippen molar-refractivity contribution in [3.8, 4) is 0 Å². The Bertz CT molecular complexity index is 317. The van der Waals surface area contributed by atoms with Gasteiger partial charge < -0.3 is 10.00 Å². The summed E-state index contributed by atoms with van der Waals surface area (Å²) in [5.41, 5.74) is 0. The molecule has 9 nitrogen and oxygen atoms in total. The molecule has 11 heteroatoms. The molecule has 2 N–H and O–H groups in total. The van der Waals surface area contributed by atoms with Gasteiger partial charge >= 0.3 is 21.0 Å². The van der Waals surface area contributed by atoms with Crippen LogP contribution in [0.4, 0.5) is 0 Å². The van der Waals surface area contributed by atoms with Crippen molar-refractivity contribution in [1.29, 1.82) is 0 Å². The summed E-state index contributed by atoms with van der Waals surface area (Å²) < 4.78 is 29.8. The molecule has 0 aliphatic heterocycles. The molecule has 0 heterocycles. The van der Waals surface area contributed by atoms with E-state index in [1.165, 1.54) is 6.92 Å². The number of rotatable bonds is 9. The average molecular weight is 289 g/mol. The molecule has 0 aromatic rings. The zero-order chi connectivity index (χ0) is 13.5. The first-order chi connectivity index (χ1) is 7.81. The molecule has 0 bridgehead atoms. The molecule has 0 rings (SSSR count). The normalized spacial score (nSPS) is 15.1. The first-order valence-electron chi connectivity index (χ1n) is 4.24. The molecule has 98 valence electrons. The summed E-state index contributed by atoms with van der Waals surface area (Å²) in [6.07, 6.45) is -0.136. The SMILES string of the molecule is C[C+](CCOP(=O)(OOO)[P+](=O)[O-])CC(=O)O. The molecule has 0 aromatic carbocycles. The standard InChI is InChI=1S/C6H10O9P2/c1-5(4-6(7)8)2-3-13-17(12,15-14-9)16(10)11/h2-4H2,1H3,(H-,7,8,9)/p+1. The Hall–Kier alpha value is -0.530. The van der Waals surface area contributed by atoms with Gasteiger partial charge in [0.15, 0.2) is 6.42 Å². The Morgan fingerprint density at radius 3 is 2.59 bits per heavy atom. The van der Waals surface area contributed by atoms with Crippen molar-refractivity contribution in [2.24, 2.45) is 0 Å². The van der Waals surface area contributed by atoms with Gasteiger partial charge in [-0.2, -0.15) is 0 Å². The van der Waals surface area contributed by atoms with E-state index in [1.807, 2.05) is 0 Å². The molecule has 0 aliphatic carbocycles. The summed E-state index contributed by atoms with van der Waals surface area (Å²) in [6.45, 7) is 1.17. The summed E-state index contributed by atoms with van der Waals surface area (Å²) in [6, 6.07) is 0. The van der Waals surface area contributed by atoms with Gasteiger partial charge in [0, 0.05) is 0 Å². The minimum Gasteiger partial charge on any atom is -0.587 e. The van der Waals surface area contributed by atoms with E-state index >= 15 is 0 Å². The Morgan fingerprint density at radius 2 is 2.18 bits per heavy atom. The van der Waals surface area contributed by atoms with Gasteiger partial charge in [0.2, 0.25) is 0 Å². The van der Waals surface area contributed by atoms with E-state index in [2.05, 4.69) is 14.2 Å². The van der Waals surface area contributed by atoms with Crippen LogP contribution in [0.1, 0.15) is 19.8 Å². The lowest BCUT2D eigenvalue weighted by Gasteiger charge is -2.05. The summed E-state index contributed by atoms with van der Waals surface area (Å²) in [5, 5.41) is 19.3. The zero-order valence-corrected chi connectivity index (χ0v) is 10.6. The minimum atomic E-state index is -4.56. The van der Waals surface area contributed by atoms with E-state index in [0.717, 1.165) is 0 Å². The van der Waals surface area contributed by atoms with Gasteiger partial charge in [0.1, 0.15) is 18.9 Å². The fourth-order valence-corrected chi connectivity index (χ4v) is 2.20. The number of carbonyl (C=O) groups is 1. The van der Waals surface area contributed by atoms with Crippen molar-refractivity contribution in [3.05, 3.63) is 5.92 Å². The quantitative estimate of drug-likeness (QED) is 0.276. The van der Waals surface area contributed by atoms with Gasteiger partial charge in [-0.1, -0.05) is 14.3 Å². The monoisotopic (exact) mass is 289 g/mol. The number of aliphatic carboxylic acids is 1. The lowest BCUT2D eigenvalue weighted by Crippen LogP contribution is -2.06. The highest BCUT2D eigenvalue weighted by molar-refractivity contribution is 8.20. The minimum absolute atomic E-state index is 0.0776. The Kier molecular flexibility index (Phi) is 7.49. The second kappa shape index (κ2) is 7.73. The molecule has 0 spiro atoms. The highest BCUT2D eigenvalue weighted by Crippen LogP contribution is 2.66. The maximum Gasteiger partial charge on any atom is 0.596 e. The topological polar surface area (TPSA) is 142 Å². The van der Waals surface area contributed by atoms with Crippen molar-refractivity contribution in [1.82, 2.24) is 0 Å². The highest BCUT2D eigenvalue weighted by Gasteiger charge is 2.44. The number of carboxylic acids is 1. The van der Waals surface area contributed by atoms with Crippen molar-refractivity contribution < 1.29 is 43.4 Å². The third-order valence-electron chi connectivity index (χ3n) is 1.56. The van der Waals surface area contributed by atoms with Crippen LogP contribution in [0.5, 0.6) is 0 Å². The van der Waals surface area contributed by atoms with Crippen LogP contribution in [0.3, 0.4) is 0 Å². The van der Waals surface area contributed by atoms with Crippen LogP contribution < -0.4 is 4.89 Å². The highest BCUT2D eigenvalue weighted by atomic mass is 32.1. The molecule has 17 heavy (non-hydrogen) atoms. The van der Waals surface area contributed by atoms with Crippen LogP contribution >= 0.6 is 15.0 Å². The molecule has 0 aliphatic rings. The lowest BCUT2D eigenvalue weighted by atomic mass is 10.1. The second-order valence-electron chi connectivity index (χ2n) is 2.97. The van der Waals surface area contributed by atoms with Crippen LogP contribution in [0, 0.1) is 5.92 Å². The molecule has 0 fully saturated rings. The smallest absolute Gasteiger partial charge is 0.587 e. The van der Waals surface area contributed by atoms with Crippen LogP contribution in [-0.2, 0) is 28.2 Å². The Balaban J connectivity index is 4.11. The molecule has 0 saturated heterocycles. The van der Waals surface area contributed by atoms with Gasteiger partial charge in [-0.15, -0.1) is 0 Å². The summed E-state index contributed by atoms with van der Waals surface area (Å²) in [5.74, 6) is -0.550. The second-order valence-corrected chi connectivity index (χ2v) is 7.24. The van der Waals surface area contributed by atoms with Gasteiger partial charge in [0.05, 0.1) is 6.92 Å². The van der Waals surface area contributed by atoms with Gasteiger partial charge in [0.25, 0.3) is 0 Å². The average Bonchev–Trinajstić information content (AvgIpc) is 2.16. The van der Waals surface area contributed by atoms with Crippen molar-refractivity contribution in [2.45, 2.75) is 19.8 Å². The molecule has 2 atom stereocenters. The fraction of sp³-hybridized carbons (Fsp3) is 0.667. The summed E-state index contributed by atoms with van der Waals surface area (Å²) in [4.78, 5) is 20.8. The Morgan fingerprint density at radius 1 is 1.59 bits per heavy atom. The Labute approximate surface area is 97.5 Å². The van der Waals surface area contributed by atoms with Gasteiger partial charge in [-0.3, -0.25) is 4.52 Å². The third-order valence-corrected chi connectivity index (χ3v) is 4.47. The molecule has 0 saturated carbocycles. The van der Waals surface area contributed by atoms with E-state index in [4.69, 9.17) is 10.4 Å². The first kappa shape index (κ1) is 16.5. The number of hydrogen-bond acceptors (Lipinski definition) is 8. The molecule has 2 unspecified atom stereocenters. The zero-order valence-electron chi connectivity index (χ0n) is 8.77. The van der Waals surface area contributed by atoms with Crippen LogP contribution in [0.15, 0.2) is 0 Å². The van der Waals surface area contributed by atoms with Crippen LogP contribution in [0.2, 0.25) is 0 Å². The van der Waals surface area contributed by atoms with Crippen LogP contribution in [-0.4, -0.2) is 22.9 Å². The van der Waals surface area contributed by atoms with Crippen molar-refractivity contribution >= 4 is 21.0 Å². The van der Waals surface area contributed by atoms with Gasteiger partial charge in [-0.05, 0) is 0 Å². The predicted molar refractivity (Wildman–Crippen MR) is 51.8 cm³/mol. The summed E-state index contributed by atoms with van der Waals surface area (Å²) in [7, 11) is -8.16. The molecular weight excluding hydrogens is 278 g/mol.